The van der Waals surface area contributed by atoms with E-state index in [0.717, 1.165) is 0 Å². The lowest BCUT2D eigenvalue weighted by Crippen LogP contribution is -2.15. The number of aromatic nitrogens is 2. The number of hydrogen-bond donors (Lipinski definition) is 3. The highest BCUT2D eigenvalue weighted by atomic mass is 35.5. The fourth-order valence-corrected chi connectivity index (χ4v) is 2.83. The maximum absolute atomic E-state index is 11.5. The quantitative estimate of drug-likeness (QED) is 0.245. The molecule has 2 aromatic heterocycles. The van der Waals surface area contributed by atoms with Crippen molar-refractivity contribution in [2.75, 3.05) is 12.8 Å². The minimum absolute atomic E-state index is 0.0857. The smallest absolute Gasteiger partial charge is 0.339 e. The van der Waals surface area contributed by atoms with Gasteiger partial charge in [-0.3, -0.25) is 15.4 Å². The van der Waals surface area contributed by atoms with Gasteiger partial charge in [0.2, 0.25) is 0 Å². The Labute approximate surface area is 172 Å². The monoisotopic (exact) mass is 411 g/mol. The van der Waals surface area contributed by atoms with Gasteiger partial charge in [0, 0.05) is 23.5 Å². The molecule has 0 fully saturated rings. The second-order valence-electron chi connectivity index (χ2n) is 6.00. The zero-order valence-electron chi connectivity index (χ0n) is 15.5. The zero-order chi connectivity index (χ0) is 21.0. The van der Waals surface area contributed by atoms with Crippen LogP contribution >= 0.6 is 11.6 Å². The lowest BCUT2D eigenvalue weighted by Gasteiger charge is -2.15. The molecule has 5 N–H and O–H groups in total. The molecule has 0 bridgehead atoms. The van der Waals surface area contributed by atoms with Gasteiger partial charge in [0.25, 0.3) is 0 Å². The van der Waals surface area contributed by atoms with E-state index in [1.54, 1.807) is 42.6 Å². The number of nitrogens with zero attached hydrogens (tertiary/aromatic N) is 2. The Morgan fingerprint density at radius 1 is 1.24 bits per heavy atom. The Kier molecular flexibility index (Phi) is 5.94. The average Bonchev–Trinajstić information content (AvgIpc) is 2.73. The highest BCUT2D eigenvalue weighted by Gasteiger charge is 2.15. The third-order valence-corrected chi connectivity index (χ3v) is 4.39. The number of pyridine rings is 2. The van der Waals surface area contributed by atoms with Crippen LogP contribution in [-0.4, -0.2) is 28.9 Å². The van der Waals surface area contributed by atoms with Crippen molar-refractivity contribution in [3.8, 4) is 17.0 Å². The number of nitrogens with one attached hydrogen (secondary N) is 1. The van der Waals surface area contributed by atoms with Crippen LogP contribution < -0.4 is 16.2 Å². The molecule has 0 atom stereocenters. The van der Waals surface area contributed by atoms with Crippen LogP contribution in [0.2, 0.25) is 5.02 Å². The predicted octanol–water partition coefficient (Wildman–Crippen LogP) is 3.03. The number of amidine groups is 1. The van der Waals surface area contributed by atoms with Crippen molar-refractivity contribution in [1.29, 1.82) is 5.41 Å². The minimum atomic E-state index is -0.472. The first kappa shape index (κ1) is 20.1. The highest BCUT2D eigenvalue weighted by Crippen LogP contribution is 2.34. The second-order valence-corrected chi connectivity index (χ2v) is 6.41. The molecule has 3 aromatic rings. The lowest BCUT2D eigenvalue weighted by atomic mass is 10.0. The maximum Gasteiger partial charge on any atom is 0.339 e. The van der Waals surface area contributed by atoms with E-state index in [4.69, 9.17) is 33.2 Å². The molecule has 0 spiro atoms. The number of benzene rings is 1. The van der Waals surface area contributed by atoms with Crippen LogP contribution in [0.25, 0.3) is 11.3 Å². The van der Waals surface area contributed by atoms with E-state index in [-0.39, 0.29) is 18.1 Å². The molecule has 29 heavy (non-hydrogen) atoms. The topological polar surface area (TPSA) is 137 Å². The number of rotatable bonds is 6. The molecule has 0 aliphatic heterocycles. The van der Waals surface area contributed by atoms with Crippen LogP contribution in [0, 0.1) is 5.41 Å². The molecule has 0 saturated carbocycles. The molecule has 8 nitrogen and oxygen atoms in total. The standard InChI is InChI=1S/C20H18ClN5O3/c1-28-20(27)11-4-5-13(26-9-11)10-29-16-8-12(7-14(17(16)22)19(23)24)18-15(21)3-2-6-25-18/h2-9H,10,22H2,1H3,(H3,23,24). The fourth-order valence-electron chi connectivity index (χ4n) is 2.60. The molecule has 2 heterocycles. The van der Waals surface area contributed by atoms with Crippen molar-refractivity contribution in [3.63, 3.8) is 0 Å². The third-order valence-electron chi connectivity index (χ3n) is 4.09. The predicted molar refractivity (Wildman–Crippen MR) is 110 cm³/mol. The molecule has 3 rings (SSSR count). The summed E-state index contributed by atoms with van der Waals surface area (Å²) in [6.07, 6.45) is 3.01. The van der Waals surface area contributed by atoms with Gasteiger partial charge in [-0.2, -0.15) is 0 Å². The van der Waals surface area contributed by atoms with E-state index in [9.17, 15) is 4.79 Å². The van der Waals surface area contributed by atoms with Gasteiger partial charge in [-0.1, -0.05) is 11.6 Å². The minimum Gasteiger partial charge on any atom is -0.485 e. The molecular weight excluding hydrogens is 394 g/mol. The summed E-state index contributed by atoms with van der Waals surface area (Å²) < 4.78 is 10.5. The molecule has 0 radical (unpaired) electrons. The molecule has 0 saturated heterocycles. The van der Waals surface area contributed by atoms with Gasteiger partial charge in [0.15, 0.2) is 0 Å². The summed E-state index contributed by atoms with van der Waals surface area (Å²) in [6, 6.07) is 9.98. The molecule has 0 aliphatic rings. The van der Waals surface area contributed by atoms with E-state index < -0.39 is 5.97 Å². The molecule has 0 unspecified atom stereocenters. The lowest BCUT2D eigenvalue weighted by molar-refractivity contribution is 0.0600. The van der Waals surface area contributed by atoms with Crippen molar-refractivity contribution in [2.45, 2.75) is 6.61 Å². The summed E-state index contributed by atoms with van der Waals surface area (Å²) in [5.74, 6) is -0.365. The summed E-state index contributed by atoms with van der Waals surface area (Å²) in [5, 5.41) is 8.24. The van der Waals surface area contributed by atoms with E-state index in [1.807, 2.05) is 0 Å². The Bertz CT molecular complexity index is 1070. The van der Waals surface area contributed by atoms with Gasteiger partial charge < -0.3 is 20.9 Å². The van der Waals surface area contributed by atoms with Gasteiger partial charge >= 0.3 is 5.97 Å². The van der Waals surface area contributed by atoms with Crippen LogP contribution in [0.3, 0.4) is 0 Å². The Balaban J connectivity index is 1.91. The number of esters is 1. The van der Waals surface area contributed by atoms with Gasteiger partial charge in [0.05, 0.1) is 34.8 Å². The van der Waals surface area contributed by atoms with E-state index >= 15 is 0 Å². The van der Waals surface area contributed by atoms with E-state index in [1.165, 1.54) is 13.3 Å². The summed E-state index contributed by atoms with van der Waals surface area (Å²) in [4.78, 5) is 19.9. The average molecular weight is 412 g/mol. The van der Waals surface area contributed by atoms with Crippen molar-refractivity contribution in [3.05, 3.63) is 70.6 Å². The number of ether oxygens (including phenoxy) is 2. The first-order chi connectivity index (χ1) is 13.9. The Morgan fingerprint density at radius 2 is 2.03 bits per heavy atom. The molecule has 148 valence electrons. The number of carbonyl (C=O) groups is 1. The van der Waals surface area contributed by atoms with Gasteiger partial charge in [-0.15, -0.1) is 0 Å². The van der Waals surface area contributed by atoms with Gasteiger partial charge in [0.1, 0.15) is 18.2 Å². The SMILES string of the molecule is COC(=O)c1ccc(COc2cc(-c3ncccc3Cl)cc(C(=N)N)c2N)nc1. The van der Waals surface area contributed by atoms with Crippen LogP contribution in [-0.2, 0) is 11.3 Å². The molecule has 9 heteroatoms. The fraction of sp³-hybridized carbons (Fsp3) is 0.100. The molecular formula is C20H18ClN5O3. The Morgan fingerprint density at radius 3 is 2.66 bits per heavy atom. The highest BCUT2D eigenvalue weighted by molar-refractivity contribution is 6.33. The maximum atomic E-state index is 11.5. The Hall–Kier alpha value is -3.65. The van der Waals surface area contributed by atoms with Crippen LogP contribution in [0.4, 0.5) is 5.69 Å². The zero-order valence-corrected chi connectivity index (χ0v) is 16.2. The number of nitrogen functional groups attached to an aromatic ring is 2. The van der Waals surface area contributed by atoms with Crippen LogP contribution in [0.5, 0.6) is 5.75 Å². The van der Waals surface area contributed by atoms with Crippen LogP contribution in [0.15, 0.2) is 48.8 Å². The summed E-state index contributed by atoms with van der Waals surface area (Å²) in [5.41, 5.74) is 14.4. The first-order valence-corrected chi connectivity index (χ1v) is 8.83. The number of hydrogen-bond acceptors (Lipinski definition) is 7. The number of anilines is 1. The second kappa shape index (κ2) is 8.57. The molecule has 0 aliphatic carbocycles. The van der Waals surface area contributed by atoms with Crippen molar-refractivity contribution >= 4 is 29.1 Å². The van der Waals surface area contributed by atoms with Crippen LogP contribution in [0.1, 0.15) is 21.6 Å². The third kappa shape index (κ3) is 4.44. The van der Waals surface area contributed by atoms with Crippen molar-refractivity contribution < 1.29 is 14.3 Å². The van der Waals surface area contributed by atoms with Gasteiger partial charge in [-0.25, -0.2) is 4.79 Å². The van der Waals surface area contributed by atoms with Crippen molar-refractivity contribution in [2.24, 2.45) is 5.73 Å². The largest absolute Gasteiger partial charge is 0.485 e. The van der Waals surface area contributed by atoms with E-state index in [0.29, 0.717) is 38.9 Å². The van der Waals surface area contributed by atoms with Crippen molar-refractivity contribution in [1.82, 2.24) is 9.97 Å². The number of methoxy groups -OCH3 is 1. The van der Waals surface area contributed by atoms with E-state index in [2.05, 4.69) is 14.7 Å². The molecule has 0 amide bonds. The summed E-state index contributed by atoms with van der Waals surface area (Å²) in [7, 11) is 1.30. The normalized spacial score (nSPS) is 10.4. The summed E-state index contributed by atoms with van der Waals surface area (Å²) >= 11 is 6.24. The summed E-state index contributed by atoms with van der Waals surface area (Å²) in [6.45, 7) is 0.0857. The van der Waals surface area contributed by atoms with Gasteiger partial charge in [-0.05, 0) is 36.4 Å². The number of nitrogens with two attached hydrogens (primary N) is 2. The molecule has 1 aromatic carbocycles. The number of carbonyl (C=O) groups excluding carboxylic acids is 1. The first-order valence-electron chi connectivity index (χ1n) is 8.45. The number of halogens is 1.